The molecule has 1 N–H and O–H groups in total. The lowest BCUT2D eigenvalue weighted by molar-refractivity contribution is 0.577. The summed E-state index contributed by atoms with van der Waals surface area (Å²) in [6, 6.07) is 3.89. The van der Waals surface area contributed by atoms with E-state index in [2.05, 4.69) is 10.3 Å². The molecule has 0 aliphatic rings. The smallest absolute Gasteiger partial charge is 0.267 e. The van der Waals surface area contributed by atoms with Crippen LogP contribution in [0.15, 0.2) is 23.3 Å². The average molecular weight is 410 g/mol. The number of aryl methyl sites for hydroxylation is 1. The molecule has 102 valence electrons. The minimum Gasteiger partial charge on any atom is -0.310 e. The number of halogens is 2. The Labute approximate surface area is 134 Å². The van der Waals surface area contributed by atoms with Crippen LogP contribution in [0.1, 0.15) is 10.6 Å². The standard InChI is InChI=1S/C12H13ClIN3OS/c1-8-11(14)12(18)17(7-16-8)5-4-15-6-9-2-3-10(13)19-9/h2-3,7,15H,4-6H2,1H3. The van der Waals surface area contributed by atoms with E-state index < -0.39 is 0 Å². The van der Waals surface area contributed by atoms with Crippen molar-refractivity contribution in [1.82, 2.24) is 14.9 Å². The second-order valence-corrected chi connectivity index (χ2v) is 6.90. The van der Waals surface area contributed by atoms with Gasteiger partial charge in [-0.2, -0.15) is 0 Å². The van der Waals surface area contributed by atoms with Crippen molar-refractivity contribution >= 4 is 45.5 Å². The monoisotopic (exact) mass is 409 g/mol. The van der Waals surface area contributed by atoms with Gasteiger partial charge in [0, 0.05) is 24.5 Å². The lowest BCUT2D eigenvalue weighted by Gasteiger charge is -2.07. The summed E-state index contributed by atoms with van der Waals surface area (Å²) in [5, 5.41) is 3.29. The Balaban J connectivity index is 1.86. The maximum Gasteiger partial charge on any atom is 0.267 e. The fourth-order valence-electron chi connectivity index (χ4n) is 1.56. The van der Waals surface area contributed by atoms with Crippen LogP contribution in [0.5, 0.6) is 0 Å². The van der Waals surface area contributed by atoms with Crippen molar-refractivity contribution < 1.29 is 0 Å². The number of nitrogens with zero attached hydrogens (tertiary/aromatic N) is 2. The van der Waals surface area contributed by atoms with Crippen LogP contribution < -0.4 is 10.9 Å². The molecule has 2 rings (SSSR count). The first-order valence-corrected chi connectivity index (χ1v) is 8.01. The van der Waals surface area contributed by atoms with Gasteiger partial charge in [-0.1, -0.05) is 11.6 Å². The van der Waals surface area contributed by atoms with Crippen LogP contribution in [0, 0.1) is 10.5 Å². The van der Waals surface area contributed by atoms with Gasteiger partial charge in [0.25, 0.3) is 5.56 Å². The Hall–Kier alpha value is -0.440. The molecule has 0 saturated heterocycles. The number of hydrogen-bond donors (Lipinski definition) is 1. The Morgan fingerprint density at radius 3 is 3.00 bits per heavy atom. The zero-order valence-electron chi connectivity index (χ0n) is 10.3. The van der Waals surface area contributed by atoms with Gasteiger partial charge in [0.15, 0.2) is 0 Å². The van der Waals surface area contributed by atoms with Gasteiger partial charge in [0.2, 0.25) is 0 Å². The molecule has 0 amide bonds. The second-order valence-electron chi connectivity index (χ2n) is 4.03. The van der Waals surface area contributed by atoms with Crippen LogP contribution in [-0.4, -0.2) is 16.1 Å². The third-order valence-electron chi connectivity index (χ3n) is 2.61. The molecule has 19 heavy (non-hydrogen) atoms. The van der Waals surface area contributed by atoms with E-state index in [0.29, 0.717) is 10.1 Å². The lowest BCUT2D eigenvalue weighted by Crippen LogP contribution is -2.29. The quantitative estimate of drug-likeness (QED) is 0.610. The molecule has 4 nitrogen and oxygen atoms in total. The zero-order chi connectivity index (χ0) is 13.8. The van der Waals surface area contributed by atoms with E-state index in [-0.39, 0.29) is 5.56 Å². The minimum atomic E-state index is 0.0223. The summed E-state index contributed by atoms with van der Waals surface area (Å²) in [5.41, 5.74) is 0.803. The molecular weight excluding hydrogens is 397 g/mol. The van der Waals surface area contributed by atoms with Crippen LogP contribution in [-0.2, 0) is 13.1 Å². The van der Waals surface area contributed by atoms with Crippen molar-refractivity contribution in [3.8, 4) is 0 Å². The van der Waals surface area contributed by atoms with Crippen molar-refractivity contribution in [2.24, 2.45) is 0 Å². The summed E-state index contributed by atoms with van der Waals surface area (Å²) in [4.78, 5) is 17.3. The Bertz CT molecular complexity index is 626. The molecule has 0 aliphatic heterocycles. The first-order chi connectivity index (χ1) is 9.08. The van der Waals surface area contributed by atoms with Gasteiger partial charge in [-0.25, -0.2) is 4.98 Å². The highest BCUT2D eigenvalue weighted by Crippen LogP contribution is 2.20. The van der Waals surface area contributed by atoms with E-state index in [1.807, 2.05) is 41.6 Å². The SMILES string of the molecule is Cc1ncn(CCNCc2ccc(Cl)s2)c(=O)c1I. The predicted octanol–water partition coefficient (Wildman–Crippen LogP) is 2.66. The molecule has 0 bridgehead atoms. The fourth-order valence-corrected chi connectivity index (χ4v) is 3.07. The third-order valence-corrected chi connectivity index (χ3v) is 5.09. The van der Waals surface area contributed by atoms with E-state index in [1.165, 1.54) is 4.88 Å². The van der Waals surface area contributed by atoms with Crippen LogP contribution >= 0.6 is 45.5 Å². The highest BCUT2D eigenvalue weighted by Gasteiger charge is 2.04. The highest BCUT2D eigenvalue weighted by molar-refractivity contribution is 14.1. The van der Waals surface area contributed by atoms with E-state index in [4.69, 9.17) is 11.6 Å². The normalized spacial score (nSPS) is 10.9. The summed E-state index contributed by atoms with van der Waals surface area (Å²) >= 11 is 9.46. The van der Waals surface area contributed by atoms with E-state index in [1.54, 1.807) is 22.2 Å². The Morgan fingerprint density at radius 2 is 2.32 bits per heavy atom. The molecule has 0 unspecified atom stereocenters. The van der Waals surface area contributed by atoms with Crippen LogP contribution in [0.4, 0.5) is 0 Å². The maximum absolute atomic E-state index is 11.9. The number of hydrogen-bond acceptors (Lipinski definition) is 4. The lowest BCUT2D eigenvalue weighted by atomic mass is 10.4. The second kappa shape index (κ2) is 6.83. The van der Waals surface area contributed by atoms with Gasteiger partial charge in [0.05, 0.1) is 19.9 Å². The zero-order valence-corrected chi connectivity index (χ0v) is 14.1. The number of thiophene rings is 1. The van der Waals surface area contributed by atoms with Crippen LogP contribution in [0.2, 0.25) is 4.34 Å². The molecule has 0 aromatic carbocycles. The largest absolute Gasteiger partial charge is 0.310 e. The van der Waals surface area contributed by atoms with Crippen LogP contribution in [0.25, 0.3) is 0 Å². The van der Waals surface area contributed by atoms with Gasteiger partial charge < -0.3 is 5.32 Å². The number of aromatic nitrogens is 2. The molecule has 0 aliphatic carbocycles. The summed E-state index contributed by atoms with van der Waals surface area (Å²) in [7, 11) is 0. The Morgan fingerprint density at radius 1 is 1.53 bits per heavy atom. The highest BCUT2D eigenvalue weighted by atomic mass is 127. The topological polar surface area (TPSA) is 46.9 Å². The van der Waals surface area contributed by atoms with Gasteiger partial charge in [-0.15, -0.1) is 11.3 Å². The summed E-state index contributed by atoms with van der Waals surface area (Å²) in [5.74, 6) is 0. The van der Waals surface area contributed by atoms with Gasteiger partial charge in [-0.3, -0.25) is 9.36 Å². The molecule has 0 saturated carbocycles. The van der Waals surface area contributed by atoms with Crippen molar-refractivity contribution in [3.05, 3.63) is 47.3 Å². The molecule has 0 atom stereocenters. The summed E-state index contributed by atoms with van der Waals surface area (Å²) < 4.78 is 3.11. The molecule has 2 aromatic rings. The van der Waals surface area contributed by atoms with Crippen molar-refractivity contribution in [2.45, 2.75) is 20.0 Å². The van der Waals surface area contributed by atoms with Crippen LogP contribution in [0.3, 0.4) is 0 Å². The predicted molar refractivity (Wildman–Crippen MR) is 87.0 cm³/mol. The summed E-state index contributed by atoms with van der Waals surface area (Å²) in [6.45, 7) is 3.94. The number of rotatable bonds is 5. The molecule has 0 fully saturated rings. The maximum atomic E-state index is 11.9. The molecule has 2 aromatic heterocycles. The van der Waals surface area contributed by atoms with E-state index >= 15 is 0 Å². The van der Waals surface area contributed by atoms with E-state index in [0.717, 1.165) is 23.1 Å². The van der Waals surface area contributed by atoms with E-state index in [9.17, 15) is 4.79 Å². The average Bonchev–Trinajstić information content (AvgIpc) is 2.80. The van der Waals surface area contributed by atoms with Crippen molar-refractivity contribution in [2.75, 3.05) is 6.54 Å². The molecule has 7 heteroatoms. The van der Waals surface area contributed by atoms with Gasteiger partial charge in [-0.05, 0) is 41.6 Å². The van der Waals surface area contributed by atoms with Gasteiger partial charge >= 0.3 is 0 Å². The van der Waals surface area contributed by atoms with Crippen molar-refractivity contribution in [1.29, 1.82) is 0 Å². The minimum absolute atomic E-state index is 0.0223. The molecule has 2 heterocycles. The molecular formula is C12H13ClIN3OS. The van der Waals surface area contributed by atoms with Crippen molar-refractivity contribution in [3.63, 3.8) is 0 Å². The number of nitrogens with one attached hydrogen (secondary N) is 1. The fraction of sp³-hybridized carbons (Fsp3) is 0.333. The Kier molecular flexibility index (Phi) is 5.37. The van der Waals surface area contributed by atoms with Gasteiger partial charge in [0.1, 0.15) is 0 Å². The molecule has 0 spiro atoms. The first kappa shape index (κ1) is 15.0. The molecule has 0 radical (unpaired) electrons. The summed E-state index contributed by atoms with van der Waals surface area (Å²) in [6.07, 6.45) is 1.60. The first-order valence-electron chi connectivity index (χ1n) is 5.74. The third kappa shape index (κ3) is 4.01.